The minimum absolute atomic E-state index is 0.363. The summed E-state index contributed by atoms with van der Waals surface area (Å²) in [4.78, 5) is 23.5. The summed E-state index contributed by atoms with van der Waals surface area (Å²) in [6.07, 6.45) is 0. The first-order valence-corrected chi connectivity index (χ1v) is 11.1. The summed E-state index contributed by atoms with van der Waals surface area (Å²) in [5.41, 5.74) is 11.6. The van der Waals surface area contributed by atoms with Crippen LogP contribution >= 0.6 is 44.3 Å². The van der Waals surface area contributed by atoms with Gasteiger partial charge in [0.1, 0.15) is 12.1 Å². The molecule has 0 unspecified atom stereocenters. The van der Waals surface area contributed by atoms with Crippen LogP contribution in [-0.4, -0.2) is 35.5 Å². The molecule has 4 N–H and O–H groups in total. The number of esters is 2. The van der Waals surface area contributed by atoms with E-state index in [1.54, 1.807) is 24.3 Å². The van der Waals surface area contributed by atoms with Gasteiger partial charge in [-0.1, -0.05) is 21.6 Å². The maximum atomic E-state index is 11.8. The Morgan fingerprint density at radius 1 is 0.917 bits per heavy atom. The van der Waals surface area contributed by atoms with Crippen LogP contribution in [0.15, 0.2) is 35.0 Å². The molecule has 2 rings (SSSR count). The van der Waals surface area contributed by atoms with E-state index in [-0.39, 0.29) is 0 Å². The van der Waals surface area contributed by atoms with Gasteiger partial charge in [0, 0.05) is 11.5 Å². The molecule has 0 fully saturated rings. The zero-order chi connectivity index (χ0) is 17.4. The third kappa shape index (κ3) is 6.46. The molecule has 130 valence electrons. The van der Waals surface area contributed by atoms with Crippen LogP contribution in [-0.2, 0) is 9.59 Å². The smallest absolute Gasteiger partial charge is 0.329 e. The fourth-order valence-corrected chi connectivity index (χ4v) is 4.74. The molecule has 0 spiro atoms. The Balaban J connectivity index is 1.61. The van der Waals surface area contributed by atoms with Gasteiger partial charge in [0.15, 0.2) is 10.1 Å². The average Bonchev–Trinajstić information content (AvgIpc) is 3.24. The Hall–Kier alpha value is -1.04. The molecule has 0 aliphatic heterocycles. The first-order chi connectivity index (χ1) is 11.6. The topological polar surface area (TPSA) is 105 Å². The Kier molecular flexibility index (Phi) is 8.09. The molecule has 0 amide bonds. The third-order valence-corrected chi connectivity index (χ3v) is 6.54. The maximum absolute atomic E-state index is 11.8. The van der Waals surface area contributed by atoms with Gasteiger partial charge in [0.2, 0.25) is 0 Å². The van der Waals surface area contributed by atoms with Crippen LogP contribution in [0.2, 0.25) is 0 Å². The van der Waals surface area contributed by atoms with E-state index in [0.717, 1.165) is 0 Å². The first kappa shape index (κ1) is 19.3. The molecule has 0 saturated carbocycles. The van der Waals surface area contributed by atoms with Crippen LogP contribution in [0.4, 0.5) is 0 Å². The third-order valence-electron chi connectivity index (χ3n) is 2.58. The average molecular weight is 405 g/mol. The molecule has 0 saturated heterocycles. The number of hydrogen-bond donors (Lipinski definition) is 2. The highest BCUT2D eigenvalue weighted by molar-refractivity contribution is 8.76. The molecule has 10 heteroatoms. The molecule has 0 radical (unpaired) electrons. The van der Waals surface area contributed by atoms with E-state index in [4.69, 9.17) is 20.9 Å². The number of nitrogens with two attached hydrogens (primary N) is 2. The lowest BCUT2D eigenvalue weighted by atomic mass is 10.4. The normalized spacial score (nSPS) is 13.2. The van der Waals surface area contributed by atoms with Crippen molar-refractivity contribution in [3.8, 4) is 10.1 Å². The number of ether oxygens (including phenoxy) is 2. The van der Waals surface area contributed by atoms with Crippen molar-refractivity contribution in [2.24, 2.45) is 11.5 Å². The molecule has 2 atom stereocenters. The second-order valence-electron chi connectivity index (χ2n) is 4.49. The Morgan fingerprint density at radius 2 is 1.33 bits per heavy atom. The molecule has 2 aromatic rings. The minimum Gasteiger partial charge on any atom is -0.414 e. The molecule has 24 heavy (non-hydrogen) atoms. The SMILES string of the molecule is N[C@@H](CSSC[C@H](N)C(=O)Oc1cccs1)C(=O)Oc1cccs1. The number of thiophene rings is 2. The van der Waals surface area contributed by atoms with E-state index in [1.165, 1.54) is 44.3 Å². The lowest BCUT2D eigenvalue weighted by Crippen LogP contribution is -2.37. The molecule has 0 bridgehead atoms. The van der Waals surface area contributed by atoms with Crippen LogP contribution in [0.25, 0.3) is 0 Å². The minimum atomic E-state index is -0.737. The lowest BCUT2D eigenvalue weighted by Gasteiger charge is -2.11. The van der Waals surface area contributed by atoms with Gasteiger partial charge in [-0.2, -0.15) is 0 Å². The summed E-state index contributed by atoms with van der Waals surface area (Å²) in [7, 11) is 2.73. The van der Waals surface area contributed by atoms with Gasteiger partial charge < -0.3 is 20.9 Å². The van der Waals surface area contributed by atoms with E-state index in [1.807, 2.05) is 10.8 Å². The van der Waals surface area contributed by atoms with Gasteiger partial charge in [-0.25, -0.2) is 9.59 Å². The lowest BCUT2D eigenvalue weighted by molar-refractivity contribution is -0.135. The number of rotatable bonds is 9. The summed E-state index contributed by atoms with van der Waals surface area (Å²) in [5, 5.41) is 4.67. The summed E-state index contributed by atoms with van der Waals surface area (Å²) in [6, 6.07) is 5.52. The van der Waals surface area contributed by atoms with Gasteiger partial charge in [-0.05, 0) is 35.0 Å². The maximum Gasteiger partial charge on any atom is 0.329 e. The quantitative estimate of drug-likeness (QED) is 0.373. The van der Waals surface area contributed by atoms with E-state index in [9.17, 15) is 9.59 Å². The number of carbonyl (C=O) groups excluding carboxylic acids is 2. The highest BCUT2D eigenvalue weighted by atomic mass is 33.1. The molecule has 2 heterocycles. The molecule has 6 nitrogen and oxygen atoms in total. The summed E-state index contributed by atoms with van der Waals surface area (Å²) < 4.78 is 10.3. The van der Waals surface area contributed by atoms with E-state index in [2.05, 4.69) is 0 Å². The van der Waals surface area contributed by atoms with Crippen molar-refractivity contribution in [1.82, 2.24) is 0 Å². The van der Waals surface area contributed by atoms with Crippen molar-refractivity contribution >= 4 is 56.2 Å². The molecular formula is C14H16N2O4S4. The Labute approximate surface area is 155 Å². The van der Waals surface area contributed by atoms with Gasteiger partial charge in [-0.15, -0.1) is 22.7 Å². The molecule has 2 aromatic heterocycles. The summed E-state index contributed by atoms with van der Waals surface area (Å²) >= 11 is 2.66. The van der Waals surface area contributed by atoms with E-state index in [0.29, 0.717) is 21.6 Å². The molecular weight excluding hydrogens is 388 g/mol. The molecule has 0 aliphatic rings. The van der Waals surface area contributed by atoms with Gasteiger partial charge in [0.25, 0.3) is 0 Å². The monoisotopic (exact) mass is 404 g/mol. The van der Waals surface area contributed by atoms with Crippen molar-refractivity contribution in [3.63, 3.8) is 0 Å². The first-order valence-electron chi connectivity index (χ1n) is 6.82. The standard InChI is InChI=1S/C14H16N2O4S4/c15-9(13(17)19-11-3-1-5-21-11)7-23-24-8-10(16)14(18)20-12-4-2-6-22-12/h1-6,9-10H,7-8,15-16H2/t9-,10-/m0/s1. The number of carbonyl (C=O) groups is 2. The van der Waals surface area contributed by atoms with Crippen molar-refractivity contribution in [2.45, 2.75) is 12.1 Å². The number of hydrogen-bond acceptors (Lipinski definition) is 10. The fraction of sp³-hybridized carbons (Fsp3) is 0.286. The van der Waals surface area contributed by atoms with Crippen LogP contribution in [0.3, 0.4) is 0 Å². The second-order valence-corrected chi connectivity index (χ2v) is 8.86. The van der Waals surface area contributed by atoms with E-state index < -0.39 is 24.0 Å². The van der Waals surface area contributed by atoms with Crippen LogP contribution in [0.1, 0.15) is 0 Å². The van der Waals surface area contributed by atoms with Gasteiger partial charge >= 0.3 is 11.9 Å². The Bertz CT molecular complexity index is 577. The van der Waals surface area contributed by atoms with Gasteiger partial charge in [0.05, 0.1) is 0 Å². The van der Waals surface area contributed by atoms with E-state index >= 15 is 0 Å². The second kappa shape index (κ2) is 10.1. The summed E-state index contributed by atoms with van der Waals surface area (Å²) in [5.74, 6) is -0.234. The van der Waals surface area contributed by atoms with Crippen LogP contribution in [0.5, 0.6) is 10.1 Å². The van der Waals surface area contributed by atoms with Crippen LogP contribution in [0, 0.1) is 0 Å². The zero-order valence-corrected chi connectivity index (χ0v) is 15.7. The molecule has 0 aromatic carbocycles. The van der Waals surface area contributed by atoms with Crippen LogP contribution < -0.4 is 20.9 Å². The van der Waals surface area contributed by atoms with Crippen molar-refractivity contribution < 1.29 is 19.1 Å². The van der Waals surface area contributed by atoms with Crippen molar-refractivity contribution in [3.05, 3.63) is 35.0 Å². The fourth-order valence-electron chi connectivity index (χ4n) is 1.37. The predicted molar refractivity (Wildman–Crippen MR) is 101 cm³/mol. The highest BCUT2D eigenvalue weighted by Crippen LogP contribution is 2.24. The largest absolute Gasteiger partial charge is 0.414 e. The summed E-state index contributed by atoms with van der Waals surface area (Å²) in [6.45, 7) is 0. The van der Waals surface area contributed by atoms with Crippen molar-refractivity contribution in [2.75, 3.05) is 11.5 Å². The Morgan fingerprint density at radius 3 is 1.67 bits per heavy atom. The highest BCUT2D eigenvalue weighted by Gasteiger charge is 2.19. The van der Waals surface area contributed by atoms with Crippen molar-refractivity contribution in [1.29, 1.82) is 0 Å². The zero-order valence-electron chi connectivity index (χ0n) is 12.5. The molecule has 0 aliphatic carbocycles. The predicted octanol–water partition coefficient (Wildman–Crippen LogP) is 2.36. The van der Waals surface area contributed by atoms with Gasteiger partial charge in [-0.3, -0.25) is 0 Å².